The van der Waals surface area contributed by atoms with Crippen LogP contribution in [-0.4, -0.2) is 63.4 Å². The molecule has 1 aromatic carbocycles. The van der Waals surface area contributed by atoms with Crippen molar-refractivity contribution in [2.24, 2.45) is 0 Å². The van der Waals surface area contributed by atoms with E-state index in [1.54, 1.807) is 0 Å². The highest BCUT2D eigenvalue weighted by Crippen LogP contribution is 2.19. The third-order valence-corrected chi connectivity index (χ3v) is 4.28. The molecular formula is C15H22ClN3O. The van der Waals surface area contributed by atoms with E-state index in [0.29, 0.717) is 6.10 Å². The maximum absolute atomic E-state index is 5.94. The zero-order chi connectivity index (χ0) is 13.8. The second-order valence-corrected chi connectivity index (χ2v) is 5.90. The first kappa shape index (κ1) is 14.1. The summed E-state index contributed by atoms with van der Waals surface area (Å²) in [5.41, 5.74) is 1.27. The molecule has 0 aromatic heterocycles. The summed E-state index contributed by atoms with van der Waals surface area (Å²) in [5.74, 6) is 0. The van der Waals surface area contributed by atoms with Crippen molar-refractivity contribution >= 4 is 17.3 Å². The molecule has 0 spiro atoms. The predicted octanol–water partition coefficient (Wildman–Crippen LogP) is 1.45. The fourth-order valence-electron chi connectivity index (χ4n) is 2.87. The van der Waals surface area contributed by atoms with Gasteiger partial charge in [0, 0.05) is 56.5 Å². The summed E-state index contributed by atoms with van der Waals surface area (Å²) >= 11 is 5.94. The lowest BCUT2D eigenvalue weighted by Crippen LogP contribution is -2.51. The highest BCUT2D eigenvalue weighted by molar-refractivity contribution is 6.30. The third kappa shape index (κ3) is 3.64. The van der Waals surface area contributed by atoms with Gasteiger partial charge in [-0.3, -0.25) is 4.90 Å². The van der Waals surface area contributed by atoms with Crippen LogP contribution in [-0.2, 0) is 4.74 Å². The van der Waals surface area contributed by atoms with Crippen LogP contribution in [0.2, 0.25) is 5.02 Å². The molecule has 20 heavy (non-hydrogen) atoms. The smallest absolute Gasteiger partial charge is 0.0826 e. The molecule has 110 valence electrons. The molecule has 2 fully saturated rings. The molecule has 4 nitrogen and oxygen atoms in total. The molecule has 2 aliphatic rings. The van der Waals surface area contributed by atoms with Gasteiger partial charge >= 0.3 is 0 Å². The Hall–Kier alpha value is -0.810. The van der Waals surface area contributed by atoms with Crippen molar-refractivity contribution in [1.29, 1.82) is 0 Å². The molecule has 0 saturated carbocycles. The van der Waals surface area contributed by atoms with Crippen molar-refractivity contribution < 1.29 is 4.74 Å². The highest BCUT2D eigenvalue weighted by Gasteiger charge is 2.21. The Morgan fingerprint density at radius 3 is 2.55 bits per heavy atom. The maximum Gasteiger partial charge on any atom is 0.0826 e. The normalized spacial score (nSPS) is 24.9. The molecule has 2 aliphatic heterocycles. The Morgan fingerprint density at radius 1 is 1.15 bits per heavy atom. The molecule has 1 N–H and O–H groups in total. The third-order valence-electron chi connectivity index (χ3n) is 4.03. The van der Waals surface area contributed by atoms with Gasteiger partial charge in [-0.2, -0.15) is 0 Å². The molecule has 2 heterocycles. The summed E-state index contributed by atoms with van der Waals surface area (Å²) in [4.78, 5) is 4.93. The fourth-order valence-corrected chi connectivity index (χ4v) is 2.99. The van der Waals surface area contributed by atoms with Crippen molar-refractivity contribution in [3.05, 3.63) is 29.3 Å². The average molecular weight is 296 g/mol. The van der Waals surface area contributed by atoms with Gasteiger partial charge in [0.05, 0.1) is 12.7 Å². The van der Waals surface area contributed by atoms with E-state index in [0.717, 1.165) is 57.4 Å². The van der Waals surface area contributed by atoms with Gasteiger partial charge in [-0.05, 0) is 24.3 Å². The van der Waals surface area contributed by atoms with E-state index in [4.69, 9.17) is 16.3 Å². The molecule has 1 atom stereocenters. The van der Waals surface area contributed by atoms with Gasteiger partial charge in [-0.15, -0.1) is 0 Å². The highest BCUT2D eigenvalue weighted by atomic mass is 35.5. The van der Waals surface area contributed by atoms with Crippen LogP contribution in [0.15, 0.2) is 24.3 Å². The number of piperazine rings is 1. The van der Waals surface area contributed by atoms with Gasteiger partial charge in [0.15, 0.2) is 0 Å². The lowest BCUT2D eigenvalue weighted by atomic mass is 10.2. The van der Waals surface area contributed by atoms with E-state index < -0.39 is 0 Å². The summed E-state index contributed by atoms with van der Waals surface area (Å²) in [6.07, 6.45) is 0.353. The minimum atomic E-state index is 0.353. The SMILES string of the molecule is Clc1ccc(N2CCN(CC3CNCCO3)CC2)cc1. The number of nitrogens with zero attached hydrogens (tertiary/aromatic N) is 2. The number of benzene rings is 1. The number of halogens is 1. The zero-order valence-electron chi connectivity index (χ0n) is 11.7. The quantitative estimate of drug-likeness (QED) is 0.913. The number of morpholine rings is 1. The van der Waals surface area contributed by atoms with Crippen molar-refractivity contribution in [2.45, 2.75) is 6.10 Å². The molecule has 3 rings (SSSR count). The number of hydrogen-bond donors (Lipinski definition) is 1. The van der Waals surface area contributed by atoms with Gasteiger partial charge in [-0.25, -0.2) is 0 Å². The largest absolute Gasteiger partial charge is 0.374 e. The van der Waals surface area contributed by atoms with E-state index in [-0.39, 0.29) is 0 Å². The lowest BCUT2D eigenvalue weighted by Gasteiger charge is -2.38. The van der Waals surface area contributed by atoms with Crippen LogP contribution in [0.1, 0.15) is 0 Å². The molecule has 1 aromatic rings. The Labute approximate surface area is 125 Å². The summed E-state index contributed by atoms with van der Waals surface area (Å²) in [7, 11) is 0. The van der Waals surface area contributed by atoms with E-state index in [1.807, 2.05) is 12.1 Å². The number of rotatable bonds is 3. The number of nitrogens with one attached hydrogen (secondary N) is 1. The zero-order valence-corrected chi connectivity index (χ0v) is 12.5. The van der Waals surface area contributed by atoms with Crippen LogP contribution < -0.4 is 10.2 Å². The first-order valence-electron chi connectivity index (χ1n) is 7.36. The summed E-state index contributed by atoms with van der Waals surface area (Å²) < 4.78 is 5.77. The Kier molecular flexibility index (Phi) is 4.78. The molecule has 0 amide bonds. The summed E-state index contributed by atoms with van der Waals surface area (Å²) in [6, 6.07) is 8.13. The molecule has 0 aliphatic carbocycles. The number of anilines is 1. The minimum absolute atomic E-state index is 0.353. The Balaban J connectivity index is 1.47. The summed E-state index contributed by atoms with van der Waals surface area (Å²) in [6.45, 7) is 8.20. The van der Waals surface area contributed by atoms with E-state index in [2.05, 4.69) is 27.2 Å². The molecular weight excluding hydrogens is 274 g/mol. The van der Waals surface area contributed by atoms with Gasteiger partial charge in [0.1, 0.15) is 0 Å². The first-order chi connectivity index (χ1) is 9.81. The van der Waals surface area contributed by atoms with Gasteiger partial charge in [-0.1, -0.05) is 11.6 Å². The number of hydrogen-bond acceptors (Lipinski definition) is 4. The fraction of sp³-hybridized carbons (Fsp3) is 0.600. The lowest BCUT2D eigenvalue weighted by molar-refractivity contribution is 0.00465. The van der Waals surface area contributed by atoms with Gasteiger partial charge in [0.25, 0.3) is 0 Å². The molecule has 0 bridgehead atoms. The van der Waals surface area contributed by atoms with Gasteiger partial charge in [0.2, 0.25) is 0 Å². The minimum Gasteiger partial charge on any atom is -0.374 e. The molecule has 5 heteroatoms. The van der Waals surface area contributed by atoms with Crippen LogP contribution in [0.4, 0.5) is 5.69 Å². The standard InChI is InChI=1S/C15H22ClN3O/c16-13-1-3-14(4-2-13)19-8-6-18(7-9-19)12-15-11-17-5-10-20-15/h1-4,15,17H,5-12H2. The molecule has 1 unspecified atom stereocenters. The molecule has 0 radical (unpaired) electrons. The maximum atomic E-state index is 5.94. The second-order valence-electron chi connectivity index (χ2n) is 5.46. The van der Waals surface area contributed by atoms with Crippen molar-refractivity contribution in [2.75, 3.05) is 57.3 Å². The second kappa shape index (κ2) is 6.76. The monoisotopic (exact) mass is 295 g/mol. The Morgan fingerprint density at radius 2 is 1.90 bits per heavy atom. The Bertz CT molecular complexity index is 412. The van der Waals surface area contributed by atoms with Crippen LogP contribution >= 0.6 is 11.6 Å². The van der Waals surface area contributed by atoms with E-state index >= 15 is 0 Å². The van der Waals surface area contributed by atoms with E-state index in [1.165, 1.54) is 5.69 Å². The summed E-state index contributed by atoms with van der Waals surface area (Å²) in [5, 5.41) is 4.19. The van der Waals surface area contributed by atoms with Crippen LogP contribution in [0.5, 0.6) is 0 Å². The van der Waals surface area contributed by atoms with Crippen LogP contribution in [0, 0.1) is 0 Å². The van der Waals surface area contributed by atoms with E-state index in [9.17, 15) is 0 Å². The number of ether oxygens (including phenoxy) is 1. The van der Waals surface area contributed by atoms with Crippen molar-refractivity contribution in [1.82, 2.24) is 10.2 Å². The topological polar surface area (TPSA) is 27.7 Å². The van der Waals surface area contributed by atoms with Crippen LogP contribution in [0.25, 0.3) is 0 Å². The first-order valence-corrected chi connectivity index (χ1v) is 7.74. The van der Waals surface area contributed by atoms with Crippen molar-refractivity contribution in [3.8, 4) is 0 Å². The van der Waals surface area contributed by atoms with Gasteiger partial charge < -0.3 is 15.0 Å². The molecule has 2 saturated heterocycles. The van der Waals surface area contributed by atoms with Crippen molar-refractivity contribution in [3.63, 3.8) is 0 Å². The predicted molar refractivity (Wildman–Crippen MR) is 82.7 cm³/mol. The average Bonchev–Trinajstić information content (AvgIpc) is 2.50. The van der Waals surface area contributed by atoms with Crippen LogP contribution in [0.3, 0.4) is 0 Å².